The Morgan fingerprint density at radius 3 is 2.89 bits per heavy atom. The molecule has 2 unspecified atom stereocenters. The van der Waals surface area contributed by atoms with Crippen LogP contribution >= 0.6 is 0 Å². The first-order valence-electron chi connectivity index (χ1n) is 8.87. The lowest BCUT2D eigenvalue weighted by Gasteiger charge is -2.37. The van der Waals surface area contributed by atoms with Crippen LogP contribution in [0.15, 0.2) is 36.5 Å². The Hall–Kier alpha value is -3.04. The summed E-state index contributed by atoms with van der Waals surface area (Å²) in [5.74, 6) is 4.58. The van der Waals surface area contributed by atoms with Crippen molar-refractivity contribution in [1.29, 1.82) is 0 Å². The van der Waals surface area contributed by atoms with Crippen LogP contribution in [-0.4, -0.2) is 47.1 Å². The molecule has 1 aromatic carbocycles. The van der Waals surface area contributed by atoms with Gasteiger partial charge in [-0.3, -0.25) is 20.0 Å². The van der Waals surface area contributed by atoms with Crippen molar-refractivity contribution >= 4 is 11.8 Å². The predicted molar refractivity (Wildman–Crippen MR) is 95.8 cm³/mol. The zero-order chi connectivity index (χ0) is 19.7. The molecule has 4 rings (SSSR count). The Bertz CT molecular complexity index is 905. The van der Waals surface area contributed by atoms with Crippen LogP contribution in [0.4, 0.5) is 4.39 Å². The van der Waals surface area contributed by atoms with E-state index in [2.05, 4.69) is 4.98 Å². The number of carbonyl (C=O) groups excluding carboxylic acids is 2. The lowest BCUT2D eigenvalue weighted by atomic mass is 10.0. The van der Waals surface area contributed by atoms with E-state index in [-0.39, 0.29) is 29.4 Å². The van der Waals surface area contributed by atoms with Gasteiger partial charge in [0.1, 0.15) is 17.7 Å². The molecule has 0 saturated carbocycles. The summed E-state index contributed by atoms with van der Waals surface area (Å²) < 4.78 is 24.7. The normalized spacial score (nSPS) is 21.4. The van der Waals surface area contributed by atoms with Crippen molar-refractivity contribution in [2.75, 3.05) is 13.2 Å². The van der Waals surface area contributed by atoms with Gasteiger partial charge in [-0.25, -0.2) is 10.2 Å². The quantitative estimate of drug-likeness (QED) is 0.462. The lowest BCUT2D eigenvalue weighted by Crippen LogP contribution is -2.52. The highest BCUT2D eigenvalue weighted by Gasteiger charge is 2.40. The SMILES string of the molecule is NNC(=O)c1cnc2c(c1)C(=O)N(C1COCCC1Oc1ccc(F)cc1)C2. The standard InChI is InChI=1S/C19H19FN4O4/c20-12-1-3-13(4-2-12)28-17-5-6-27-10-16(17)24-9-15-14(19(24)26)7-11(8-22-15)18(25)23-21/h1-4,7-8,16-17H,5-6,9-10,21H2,(H,23,25). The predicted octanol–water partition coefficient (Wildman–Crippen LogP) is 1.02. The fraction of sp³-hybridized carbons (Fsp3) is 0.316. The number of aromatic nitrogens is 1. The maximum absolute atomic E-state index is 13.1. The first kappa shape index (κ1) is 18.3. The number of benzene rings is 1. The van der Waals surface area contributed by atoms with E-state index in [1.165, 1.54) is 24.4 Å². The Balaban J connectivity index is 1.55. The summed E-state index contributed by atoms with van der Waals surface area (Å²) in [5, 5.41) is 0. The zero-order valence-electron chi connectivity index (χ0n) is 14.9. The van der Waals surface area contributed by atoms with E-state index in [1.807, 2.05) is 5.43 Å². The van der Waals surface area contributed by atoms with Crippen molar-refractivity contribution in [2.45, 2.75) is 25.1 Å². The van der Waals surface area contributed by atoms with E-state index in [1.54, 1.807) is 17.0 Å². The molecule has 0 radical (unpaired) electrons. The molecule has 0 spiro atoms. The lowest BCUT2D eigenvalue weighted by molar-refractivity contribution is -0.0430. The summed E-state index contributed by atoms with van der Waals surface area (Å²) in [5.41, 5.74) is 3.20. The number of hydrogen-bond acceptors (Lipinski definition) is 6. The first-order chi connectivity index (χ1) is 13.6. The van der Waals surface area contributed by atoms with Gasteiger partial charge in [-0.2, -0.15) is 0 Å². The van der Waals surface area contributed by atoms with Crippen LogP contribution in [-0.2, 0) is 11.3 Å². The van der Waals surface area contributed by atoms with E-state index in [4.69, 9.17) is 15.3 Å². The number of hydrazine groups is 1. The highest BCUT2D eigenvalue weighted by molar-refractivity contribution is 6.01. The van der Waals surface area contributed by atoms with Crippen LogP contribution in [0.2, 0.25) is 0 Å². The van der Waals surface area contributed by atoms with Gasteiger partial charge >= 0.3 is 0 Å². The second-order valence-electron chi connectivity index (χ2n) is 6.67. The maximum atomic E-state index is 13.1. The van der Waals surface area contributed by atoms with E-state index < -0.39 is 5.91 Å². The number of carbonyl (C=O) groups is 2. The van der Waals surface area contributed by atoms with E-state index in [0.717, 1.165) is 0 Å². The van der Waals surface area contributed by atoms with E-state index in [0.29, 0.717) is 43.2 Å². The molecule has 2 aliphatic rings. The molecule has 146 valence electrons. The van der Waals surface area contributed by atoms with Crippen molar-refractivity contribution in [2.24, 2.45) is 5.84 Å². The largest absolute Gasteiger partial charge is 0.488 e. The summed E-state index contributed by atoms with van der Waals surface area (Å²) >= 11 is 0. The van der Waals surface area contributed by atoms with Crippen LogP contribution in [0.25, 0.3) is 0 Å². The average molecular weight is 386 g/mol. The van der Waals surface area contributed by atoms with Gasteiger partial charge < -0.3 is 14.4 Å². The second kappa shape index (κ2) is 7.53. The summed E-state index contributed by atoms with van der Waals surface area (Å²) in [7, 11) is 0. The van der Waals surface area contributed by atoms with Crippen molar-refractivity contribution in [3.63, 3.8) is 0 Å². The molecule has 28 heavy (non-hydrogen) atoms. The smallest absolute Gasteiger partial charge is 0.266 e. The van der Waals surface area contributed by atoms with Crippen molar-refractivity contribution in [1.82, 2.24) is 15.3 Å². The number of halogens is 1. The van der Waals surface area contributed by atoms with Crippen LogP contribution in [0.5, 0.6) is 5.75 Å². The Morgan fingerprint density at radius 1 is 1.36 bits per heavy atom. The minimum Gasteiger partial charge on any atom is -0.488 e. The van der Waals surface area contributed by atoms with Crippen LogP contribution in [0.3, 0.4) is 0 Å². The maximum Gasteiger partial charge on any atom is 0.266 e. The summed E-state index contributed by atoms with van der Waals surface area (Å²) in [6.07, 6.45) is 1.68. The molecule has 1 saturated heterocycles. The Morgan fingerprint density at radius 2 is 2.14 bits per heavy atom. The van der Waals surface area contributed by atoms with Crippen molar-refractivity contribution in [3.05, 3.63) is 59.2 Å². The molecule has 1 aromatic heterocycles. The fourth-order valence-electron chi connectivity index (χ4n) is 3.49. The molecular weight excluding hydrogens is 367 g/mol. The van der Waals surface area contributed by atoms with Gasteiger partial charge in [-0.05, 0) is 30.3 Å². The van der Waals surface area contributed by atoms with Crippen molar-refractivity contribution < 1.29 is 23.5 Å². The number of ether oxygens (including phenoxy) is 2. The van der Waals surface area contributed by atoms with Gasteiger partial charge in [-0.1, -0.05) is 0 Å². The monoisotopic (exact) mass is 386 g/mol. The number of rotatable bonds is 4. The molecule has 0 aliphatic carbocycles. The van der Waals surface area contributed by atoms with Gasteiger partial charge in [0.2, 0.25) is 0 Å². The van der Waals surface area contributed by atoms with Gasteiger partial charge in [0, 0.05) is 12.6 Å². The van der Waals surface area contributed by atoms with Gasteiger partial charge in [0.05, 0.1) is 42.6 Å². The van der Waals surface area contributed by atoms with Gasteiger partial charge in [0.15, 0.2) is 0 Å². The third kappa shape index (κ3) is 3.41. The van der Waals surface area contributed by atoms with Crippen LogP contribution in [0, 0.1) is 5.82 Å². The topological polar surface area (TPSA) is 107 Å². The highest BCUT2D eigenvalue weighted by atomic mass is 19.1. The molecule has 9 heteroatoms. The summed E-state index contributed by atoms with van der Waals surface area (Å²) in [6.45, 7) is 1.13. The molecule has 2 amide bonds. The summed E-state index contributed by atoms with van der Waals surface area (Å²) in [6, 6.07) is 6.94. The third-order valence-electron chi connectivity index (χ3n) is 4.94. The molecule has 2 aromatic rings. The molecule has 0 bridgehead atoms. The van der Waals surface area contributed by atoms with E-state index >= 15 is 0 Å². The summed E-state index contributed by atoms with van der Waals surface area (Å²) in [4.78, 5) is 30.6. The first-order valence-corrected chi connectivity index (χ1v) is 8.87. The molecule has 3 N–H and O–H groups in total. The molecule has 1 fully saturated rings. The Kier molecular flexibility index (Phi) is 4.93. The fourth-order valence-corrected chi connectivity index (χ4v) is 3.49. The van der Waals surface area contributed by atoms with Crippen LogP contribution in [0.1, 0.15) is 32.8 Å². The molecule has 8 nitrogen and oxygen atoms in total. The molecular formula is C19H19FN4O4. The van der Waals surface area contributed by atoms with Gasteiger partial charge in [0.25, 0.3) is 11.8 Å². The number of amides is 2. The number of hydrogen-bond donors (Lipinski definition) is 2. The van der Waals surface area contributed by atoms with Gasteiger partial charge in [-0.15, -0.1) is 0 Å². The van der Waals surface area contributed by atoms with Crippen molar-refractivity contribution in [3.8, 4) is 5.75 Å². The number of pyridine rings is 1. The molecule has 2 aliphatic heterocycles. The number of fused-ring (bicyclic) bond motifs is 1. The number of nitrogen functional groups attached to an aromatic ring is 1. The molecule has 2 atom stereocenters. The minimum absolute atomic E-state index is 0.218. The second-order valence-corrected chi connectivity index (χ2v) is 6.67. The molecule has 3 heterocycles. The van der Waals surface area contributed by atoms with Crippen LogP contribution < -0.4 is 16.0 Å². The Labute approximate surface area is 160 Å². The highest BCUT2D eigenvalue weighted by Crippen LogP contribution is 2.29. The number of nitrogens with two attached hydrogens (primary N) is 1. The van der Waals surface area contributed by atoms with E-state index in [9.17, 15) is 14.0 Å². The number of nitrogens with zero attached hydrogens (tertiary/aromatic N) is 2. The average Bonchev–Trinajstić information content (AvgIpc) is 3.05. The number of nitrogens with one attached hydrogen (secondary N) is 1. The minimum atomic E-state index is -0.514. The third-order valence-corrected chi connectivity index (χ3v) is 4.94. The zero-order valence-corrected chi connectivity index (χ0v) is 14.9.